The molecule has 0 atom stereocenters. The van der Waals surface area contributed by atoms with Crippen molar-refractivity contribution in [3.8, 4) is 0 Å². The highest BCUT2D eigenvalue weighted by atomic mass is 16.2. The summed E-state index contributed by atoms with van der Waals surface area (Å²) in [5, 5.41) is 1.48. The van der Waals surface area contributed by atoms with Crippen LogP contribution in [0.2, 0.25) is 0 Å². The number of hydrogen-bond acceptors (Lipinski definition) is 4. The summed E-state index contributed by atoms with van der Waals surface area (Å²) in [6.07, 6.45) is 0. The molecule has 1 aliphatic heterocycles. The normalized spacial score (nSPS) is 17.2. The van der Waals surface area contributed by atoms with Crippen molar-refractivity contribution in [1.29, 1.82) is 0 Å². The highest BCUT2D eigenvalue weighted by molar-refractivity contribution is 6.13. The molecule has 1 heterocycles. The van der Waals surface area contributed by atoms with Gasteiger partial charge in [0, 0.05) is 29.8 Å². The molecule has 0 spiro atoms. The lowest BCUT2D eigenvalue weighted by molar-refractivity contribution is 0.0979. The molecule has 5 heteroatoms. The van der Waals surface area contributed by atoms with Gasteiger partial charge in [-0.15, -0.1) is 0 Å². The molecule has 24 heavy (non-hydrogen) atoms. The lowest BCUT2D eigenvalue weighted by Crippen LogP contribution is -2.40. The first-order valence-corrected chi connectivity index (χ1v) is 7.94. The molecule has 1 amide bonds. The monoisotopic (exact) mass is 322 g/mol. The fraction of sp³-hybridized carbons (Fsp3) is 0.211. The van der Waals surface area contributed by atoms with Crippen LogP contribution in [0.5, 0.6) is 0 Å². The number of rotatable bonds is 2. The predicted molar refractivity (Wildman–Crippen MR) is 97.8 cm³/mol. The third-order valence-corrected chi connectivity index (χ3v) is 4.21. The topological polar surface area (TPSA) is 75.6 Å². The number of benzene rings is 2. The molecule has 124 valence electrons. The van der Waals surface area contributed by atoms with Gasteiger partial charge in [-0.3, -0.25) is 4.79 Å². The number of anilines is 1. The Morgan fingerprint density at radius 2 is 1.50 bits per heavy atom. The van der Waals surface area contributed by atoms with Gasteiger partial charge in [0.25, 0.3) is 5.91 Å². The van der Waals surface area contributed by atoms with Crippen LogP contribution in [0, 0.1) is 0 Å². The van der Waals surface area contributed by atoms with Gasteiger partial charge in [-0.05, 0) is 26.0 Å². The number of nitrogens with zero attached hydrogens (tertiary/aromatic N) is 2. The van der Waals surface area contributed by atoms with Gasteiger partial charge in [-0.1, -0.05) is 36.4 Å². The van der Waals surface area contributed by atoms with E-state index in [-0.39, 0.29) is 11.9 Å². The zero-order valence-electron chi connectivity index (χ0n) is 14.2. The summed E-state index contributed by atoms with van der Waals surface area (Å²) < 4.78 is 0. The molecule has 0 saturated carbocycles. The van der Waals surface area contributed by atoms with Crippen molar-refractivity contribution >= 4 is 23.0 Å². The van der Waals surface area contributed by atoms with Gasteiger partial charge in [0.1, 0.15) is 0 Å². The number of amides is 1. The molecule has 3 rings (SSSR count). The quantitative estimate of drug-likeness (QED) is 0.658. The number of nitrogens with two attached hydrogens (primary N) is 2. The number of carbonyl (C=O) groups is 1. The molecule has 0 radical (unpaired) electrons. The minimum Gasteiger partial charge on any atom is -0.396 e. The first kappa shape index (κ1) is 16.1. The molecule has 0 aromatic heterocycles. The van der Waals surface area contributed by atoms with Crippen molar-refractivity contribution in [1.82, 2.24) is 5.01 Å². The smallest absolute Gasteiger partial charge is 0.259 e. The van der Waals surface area contributed by atoms with Crippen LogP contribution in [0.4, 0.5) is 5.69 Å². The molecule has 0 fully saturated rings. The molecule has 0 unspecified atom stereocenters. The molecule has 4 N–H and O–H groups in total. The highest BCUT2D eigenvalue weighted by Crippen LogP contribution is 2.36. The number of hydrogen-bond donors (Lipinski definition) is 2. The summed E-state index contributed by atoms with van der Waals surface area (Å²) in [6.45, 7) is 3.99. The molecule has 5 nitrogen and oxygen atoms in total. The van der Waals surface area contributed by atoms with Crippen LogP contribution in [0.15, 0.2) is 48.5 Å². The molecular weight excluding hydrogens is 300 g/mol. The van der Waals surface area contributed by atoms with E-state index in [4.69, 9.17) is 11.6 Å². The summed E-state index contributed by atoms with van der Waals surface area (Å²) in [7, 11) is 1.73. The summed E-state index contributed by atoms with van der Waals surface area (Å²) >= 11 is 0. The second-order valence-electron chi connectivity index (χ2n) is 6.20. The zero-order chi connectivity index (χ0) is 17.4. The van der Waals surface area contributed by atoms with Crippen LogP contribution >= 0.6 is 0 Å². The average Bonchev–Trinajstić information content (AvgIpc) is 2.54. The van der Waals surface area contributed by atoms with Gasteiger partial charge < -0.3 is 15.6 Å². The van der Waals surface area contributed by atoms with E-state index in [2.05, 4.69) is 0 Å². The minimum atomic E-state index is -0.0556. The molecule has 2 aromatic carbocycles. The number of para-hydroxylation sites is 1. The van der Waals surface area contributed by atoms with E-state index in [1.807, 2.05) is 62.4 Å². The van der Waals surface area contributed by atoms with Crippen molar-refractivity contribution in [3.63, 3.8) is 0 Å². The van der Waals surface area contributed by atoms with E-state index in [0.29, 0.717) is 17.0 Å². The Hall–Kier alpha value is -2.79. The number of carbonyl (C=O) groups excluding carboxylic acids is 1. The largest absolute Gasteiger partial charge is 0.396 e. The molecule has 0 aliphatic carbocycles. The van der Waals surface area contributed by atoms with Crippen LogP contribution < -0.4 is 16.5 Å². The summed E-state index contributed by atoms with van der Waals surface area (Å²) in [4.78, 5) is 15.1. The van der Waals surface area contributed by atoms with Gasteiger partial charge in [0.05, 0.1) is 17.1 Å². The van der Waals surface area contributed by atoms with Crippen LogP contribution in [-0.4, -0.2) is 24.0 Å². The second kappa shape index (κ2) is 6.02. The predicted octanol–water partition coefficient (Wildman–Crippen LogP) is 2.65. The highest BCUT2D eigenvalue weighted by Gasteiger charge is 2.30. The van der Waals surface area contributed by atoms with Crippen molar-refractivity contribution in [2.75, 3.05) is 11.9 Å². The molecule has 0 saturated heterocycles. The van der Waals surface area contributed by atoms with Crippen LogP contribution in [0.3, 0.4) is 0 Å². The van der Waals surface area contributed by atoms with E-state index >= 15 is 0 Å². The standard InChI is InChI=1S/C19H22N4O/c1-12(2)23-16-11-7-6-10-15(16)17(20)18(22(3)21)13-8-4-5-9-14(13)19(23)24/h4-12H,20-21H2,1-3H3/b18-17-. The maximum Gasteiger partial charge on any atom is 0.259 e. The lowest BCUT2D eigenvalue weighted by atomic mass is 9.95. The van der Waals surface area contributed by atoms with E-state index in [0.717, 1.165) is 16.8 Å². The maximum absolute atomic E-state index is 13.3. The minimum absolute atomic E-state index is 0.00309. The van der Waals surface area contributed by atoms with Crippen molar-refractivity contribution in [3.05, 3.63) is 65.2 Å². The first-order chi connectivity index (χ1) is 11.4. The Kier molecular flexibility index (Phi) is 4.03. The van der Waals surface area contributed by atoms with Gasteiger partial charge >= 0.3 is 0 Å². The Morgan fingerprint density at radius 3 is 2.08 bits per heavy atom. The van der Waals surface area contributed by atoms with E-state index in [1.165, 1.54) is 5.01 Å². The Morgan fingerprint density at radius 1 is 0.958 bits per heavy atom. The van der Waals surface area contributed by atoms with Crippen molar-refractivity contribution in [2.24, 2.45) is 11.6 Å². The Bertz CT molecular complexity index is 824. The van der Waals surface area contributed by atoms with E-state index in [9.17, 15) is 4.79 Å². The Balaban J connectivity index is 2.44. The van der Waals surface area contributed by atoms with Crippen LogP contribution in [0.25, 0.3) is 11.4 Å². The van der Waals surface area contributed by atoms with Crippen molar-refractivity contribution < 1.29 is 4.79 Å². The fourth-order valence-corrected chi connectivity index (χ4v) is 3.19. The molecule has 1 aliphatic rings. The molecule has 2 aromatic rings. The zero-order valence-corrected chi connectivity index (χ0v) is 14.2. The van der Waals surface area contributed by atoms with Gasteiger partial charge in [0.15, 0.2) is 0 Å². The number of hydrazine groups is 1. The average molecular weight is 322 g/mol. The molecule has 0 bridgehead atoms. The second-order valence-corrected chi connectivity index (χ2v) is 6.20. The van der Waals surface area contributed by atoms with E-state index < -0.39 is 0 Å². The van der Waals surface area contributed by atoms with Crippen LogP contribution in [-0.2, 0) is 0 Å². The van der Waals surface area contributed by atoms with Crippen molar-refractivity contribution in [2.45, 2.75) is 19.9 Å². The SMILES string of the molecule is CC(C)N1C(=O)c2ccccc2/C(N(C)N)=C(/N)c2ccccc21. The Labute approximate surface area is 142 Å². The maximum atomic E-state index is 13.3. The molecular formula is C19H22N4O. The van der Waals surface area contributed by atoms with Gasteiger partial charge in [0.2, 0.25) is 0 Å². The van der Waals surface area contributed by atoms with Gasteiger partial charge in [-0.25, -0.2) is 5.84 Å². The third-order valence-electron chi connectivity index (χ3n) is 4.21. The van der Waals surface area contributed by atoms with Crippen LogP contribution in [0.1, 0.15) is 35.3 Å². The summed E-state index contributed by atoms with van der Waals surface area (Å²) in [6, 6.07) is 15.1. The third kappa shape index (κ3) is 2.43. The van der Waals surface area contributed by atoms with Gasteiger partial charge in [-0.2, -0.15) is 0 Å². The fourth-order valence-electron chi connectivity index (χ4n) is 3.19. The first-order valence-electron chi connectivity index (χ1n) is 7.94. The lowest BCUT2D eigenvalue weighted by Gasteiger charge is -2.33. The number of fused-ring (bicyclic) bond motifs is 2. The van der Waals surface area contributed by atoms with E-state index in [1.54, 1.807) is 11.9 Å². The summed E-state index contributed by atoms with van der Waals surface area (Å²) in [5.41, 5.74) is 10.6. The summed E-state index contributed by atoms with van der Waals surface area (Å²) in [5.74, 6) is 6.00.